The van der Waals surface area contributed by atoms with Crippen molar-refractivity contribution in [2.24, 2.45) is 0 Å². The standard InChI is InChI=1S/C29H31N3O8/c1-36-23-13-11-18(15-22(23)33)28(40-29(35)31-19-12-14-24-26(16-19)39-17-38-24)25(37-2)9-5-6-10-27(34)32-21-8-4-3-7-20(21)30/h3-4,6-8,10-16,25,28,33H,5,9,17,30H2,1-2H3,(H,31,35)(H,32,34)/b10-6+/t25-,28-/m0/s1. The van der Waals surface area contributed by atoms with Crippen molar-refractivity contribution in [2.45, 2.75) is 25.0 Å². The highest BCUT2D eigenvalue weighted by atomic mass is 16.7. The molecule has 0 fully saturated rings. The molecule has 5 N–H and O–H groups in total. The minimum absolute atomic E-state index is 0.109. The van der Waals surface area contributed by atoms with Gasteiger partial charge in [-0.25, -0.2) is 4.79 Å². The topological polar surface area (TPSA) is 151 Å². The molecule has 0 unspecified atom stereocenters. The Bertz CT molecular complexity index is 1380. The van der Waals surface area contributed by atoms with Gasteiger partial charge >= 0.3 is 6.09 Å². The fourth-order valence-corrected chi connectivity index (χ4v) is 4.11. The Morgan fingerprint density at radius 2 is 1.85 bits per heavy atom. The van der Waals surface area contributed by atoms with E-state index in [2.05, 4.69) is 10.6 Å². The molecule has 3 aromatic rings. The van der Waals surface area contributed by atoms with E-state index in [4.69, 9.17) is 29.4 Å². The number of rotatable bonds is 11. The van der Waals surface area contributed by atoms with Gasteiger partial charge in [-0.2, -0.15) is 0 Å². The molecule has 210 valence electrons. The van der Waals surface area contributed by atoms with Crippen molar-refractivity contribution in [1.82, 2.24) is 0 Å². The van der Waals surface area contributed by atoms with Crippen molar-refractivity contribution < 1.29 is 38.4 Å². The Kier molecular flexibility index (Phi) is 9.31. The molecular weight excluding hydrogens is 518 g/mol. The zero-order valence-electron chi connectivity index (χ0n) is 22.1. The Hall–Kier alpha value is -4.90. The second-order valence-electron chi connectivity index (χ2n) is 8.78. The molecule has 0 aromatic heterocycles. The van der Waals surface area contributed by atoms with Gasteiger partial charge in [0.15, 0.2) is 29.1 Å². The molecule has 1 aliphatic rings. The number of carbonyl (C=O) groups is 2. The number of ether oxygens (including phenoxy) is 5. The van der Waals surface area contributed by atoms with Crippen LogP contribution in [0.25, 0.3) is 0 Å². The first-order valence-electron chi connectivity index (χ1n) is 12.5. The van der Waals surface area contributed by atoms with Gasteiger partial charge in [0.2, 0.25) is 12.7 Å². The van der Waals surface area contributed by atoms with Crippen molar-refractivity contribution in [1.29, 1.82) is 0 Å². The fraction of sp³-hybridized carbons (Fsp3) is 0.241. The summed E-state index contributed by atoms with van der Waals surface area (Å²) in [7, 11) is 2.93. The minimum Gasteiger partial charge on any atom is -0.504 e. The number of nitrogens with two attached hydrogens (primary N) is 1. The summed E-state index contributed by atoms with van der Waals surface area (Å²) in [6.07, 6.45) is 1.66. The highest BCUT2D eigenvalue weighted by molar-refractivity contribution is 6.01. The van der Waals surface area contributed by atoms with E-state index in [1.807, 2.05) is 0 Å². The number of allylic oxidation sites excluding steroid dienone is 1. The summed E-state index contributed by atoms with van der Waals surface area (Å²) in [5.41, 5.74) is 7.80. The van der Waals surface area contributed by atoms with E-state index in [0.717, 1.165) is 0 Å². The van der Waals surface area contributed by atoms with Crippen LogP contribution in [0.2, 0.25) is 0 Å². The lowest BCUT2D eigenvalue weighted by Gasteiger charge is -2.26. The van der Waals surface area contributed by atoms with E-state index >= 15 is 0 Å². The number of benzene rings is 3. The Balaban J connectivity index is 1.44. The molecule has 11 heteroatoms. The average Bonchev–Trinajstić information content (AvgIpc) is 3.41. The number of methoxy groups -OCH3 is 2. The molecule has 4 rings (SSSR count). The van der Waals surface area contributed by atoms with E-state index in [1.165, 1.54) is 26.4 Å². The van der Waals surface area contributed by atoms with Crippen LogP contribution in [0, 0.1) is 0 Å². The molecule has 1 aliphatic heterocycles. The highest BCUT2D eigenvalue weighted by Gasteiger charge is 2.28. The molecule has 0 saturated carbocycles. The summed E-state index contributed by atoms with van der Waals surface area (Å²) in [5.74, 6) is 0.919. The largest absolute Gasteiger partial charge is 0.504 e. The van der Waals surface area contributed by atoms with Gasteiger partial charge in [0, 0.05) is 18.9 Å². The summed E-state index contributed by atoms with van der Waals surface area (Å²) in [6.45, 7) is 0.109. The number of hydrogen-bond donors (Lipinski definition) is 4. The lowest BCUT2D eigenvalue weighted by molar-refractivity contribution is -0.111. The number of aromatic hydroxyl groups is 1. The summed E-state index contributed by atoms with van der Waals surface area (Å²) in [4.78, 5) is 25.2. The summed E-state index contributed by atoms with van der Waals surface area (Å²) in [5, 5.41) is 15.8. The molecule has 0 spiro atoms. The Morgan fingerprint density at radius 3 is 2.60 bits per heavy atom. The maximum atomic E-state index is 12.9. The van der Waals surface area contributed by atoms with Gasteiger partial charge in [0.25, 0.3) is 0 Å². The first kappa shape index (κ1) is 28.1. The van der Waals surface area contributed by atoms with Crippen molar-refractivity contribution >= 4 is 29.1 Å². The third kappa shape index (κ3) is 7.14. The van der Waals surface area contributed by atoms with Gasteiger partial charge in [-0.15, -0.1) is 0 Å². The second kappa shape index (κ2) is 13.3. The van der Waals surface area contributed by atoms with Crippen LogP contribution in [0.3, 0.4) is 0 Å². The summed E-state index contributed by atoms with van der Waals surface area (Å²) < 4.78 is 27.3. The van der Waals surface area contributed by atoms with Crippen molar-refractivity contribution in [3.05, 3.63) is 78.4 Å². The van der Waals surface area contributed by atoms with Crippen LogP contribution in [0.15, 0.2) is 72.8 Å². The molecule has 3 aromatic carbocycles. The van der Waals surface area contributed by atoms with Crippen molar-refractivity contribution in [3.8, 4) is 23.0 Å². The van der Waals surface area contributed by atoms with E-state index in [1.54, 1.807) is 60.7 Å². The molecule has 1 heterocycles. The Labute approximate surface area is 231 Å². The first-order chi connectivity index (χ1) is 19.4. The maximum absolute atomic E-state index is 12.9. The summed E-state index contributed by atoms with van der Waals surface area (Å²) >= 11 is 0. The van der Waals surface area contributed by atoms with E-state index in [-0.39, 0.29) is 24.2 Å². The highest BCUT2D eigenvalue weighted by Crippen LogP contribution is 2.36. The van der Waals surface area contributed by atoms with Gasteiger partial charge in [0.05, 0.1) is 24.6 Å². The molecule has 0 aliphatic carbocycles. The lowest BCUT2D eigenvalue weighted by atomic mass is 9.99. The predicted octanol–water partition coefficient (Wildman–Crippen LogP) is 4.99. The zero-order chi connectivity index (χ0) is 28.5. The number of hydrogen-bond acceptors (Lipinski definition) is 9. The maximum Gasteiger partial charge on any atom is 0.412 e. The number of nitrogens with one attached hydrogen (secondary N) is 2. The molecule has 0 bridgehead atoms. The zero-order valence-corrected chi connectivity index (χ0v) is 22.1. The molecule has 0 radical (unpaired) electrons. The van der Waals surface area contributed by atoms with Crippen LogP contribution < -0.4 is 30.6 Å². The second-order valence-corrected chi connectivity index (χ2v) is 8.78. The van der Waals surface area contributed by atoms with E-state index in [9.17, 15) is 14.7 Å². The SMILES string of the molecule is COc1ccc([C@H](OC(=O)Nc2ccc3c(c2)OCO3)[C@H](CC/C=C/C(=O)Nc2ccccc2N)OC)cc1O. The quantitative estimate of drug-likeness (QED) is 0.191. The van der Waals surface area contributed by atoms with Gasteiger partial charge < -0.3 is 39.8 Å². The Morgan fingerprint density at radius 1 is 1.05 bits per heavy atom. The number of anilines is 3. The van der Waals surface area contributed by atoms with Gasteiger partial charge in [-0.05, 0) is 60.9 Å². The monoisotopic (exact) mass is 549 g/mol. The van der Waals surface area contributed by atoms with Crippen LogP contribution in [-0.2, 0) is 14.3 Å². The van der Waals surface area contributed by atoms with E-state index in [0.29, 0.717) is 47.0 Å². The van der Waals surface area contributed by atoms with Crippen LogP contribution >= 0.6 is 0 Å². The van der Waals surface area contributed by atoms with Crippen molar-refractivity contribution in [3.63, 3.8) is 0 Å². The fourth-order valence-electron chi connectivity index (χ4n) is 4.11. The smallest absolute Gasteiger partial charge is 0.412 e. The molecule has 2 atom stereocenters. The lowest BCUT2D eigenvalue weighted by Crippen LogP contribution is -2.28. The van der Waals surface area contributed by atoms with Gasteiger partial charge in [-0.3, -0.25) is 10.1 Å². The van der Waals surface area contributed by atoms with Gasteiger partial charge in [-0.1, -0.05) is 24.3 Å². The molecule has 0 saturated heterocycles. The van der Waals surface area contributed by atoms with Crippen molar-refractivity contribution in [2.75, 3.05) is 37.4 Å². The number of amides is 2. The number of phenols is 1. The number of para-hydroxylation sites is 2. The number of fused-ring (bicyclic) bond motifs is 1. The predicted molar refractivity (Wildman–Crippen MR) is 149 cm³/mol. The van der Waals surface area contributed by atoms with Crippen LogP contribution in [-0.4, -0.2) is 44.2 Å². The molecule has 2 amide bonds. The number of carbonyl (C=O) groups excluding carboxylic acids is 2. The third-order valence-corrected chi connectivity index (χ3v) is 6.13. The third-order valence-electron chi connectivity index (χ3n) is 6.13. The number of nitrogen functional groups attached to an aromatic ring is 1. The normalized spacial score (nSPS) is 13.4. The average molecular weight is 550 g/mol. The first-order valence-corrected chi connectivity index (χ1v) is 12.5. The van der Waals surface area contributed by atoms with E-state index < -0.39 is 18.3 Å². The van der Waals surface area contributed by atoms with Crippen LogP contribution in [0.5, 0.6) is 23.0 Å². The molecule has 40 heavy (non-hydrogen) atoms. The van der Waals surface area contributed by atoms with Gasteiger partial charge in [0.1, 0.15) is 0 Å². The van der Waals surface area contributed by atoms with Crippen LogP contribution in [0.4, 0.5) is 21.9 Å². The summed E-state index contributed by atoms with van der Waals surface area (Å²) in [6, 6.07) is 16.6. The number of phenolic OH excluding ortho intramolecular Hbond substituents is 1. The minimum atomic E-state index is -0.901. The van der Waals surface area contributed by atoms with Crippen LogP contribution in [0.1, 0.15) is 24.5 Å². The molecule has 11 nitrogen and oxygen atoms in total. The molecular formula is C29H31N3O8.